The molecular formula is C18H24BrN3O. The molecule has 1 aromatic carbocycles. The number of hydrogen-bond donors (Lipinski definition) is 1. The van der Waals surface area contributed by atoms with E-state index < -0.39 is 0 Å². The van der Waals surface area contributed by atoms with Crippen LogP contribution in [0.1, 0.15) is 43.3 Å². The van der Waals surface area contributed by atoms with Crippen molar-refractivity contribution in [1.82, 2.24) is 15.1 Å². The van der Waals surface area contributed by atoms with E-state index in [9.17, 15) is 4.79 Å². The molecule has 0 bridgehead atoms. The van der Waals surface area contributed by atoms with Gasteiger partial charge in [-0.15, -0.1) is 0 Å². The molecule has 0 spiro atoms. The minimum Gasteiger partial charge on any atom is -0.349 e. The van der Waals surface area contributed by atoms with Crippen molar-refractivity contribution >= 4 is 21.8 Å². The van der Waals surface area contributed by atoms with E-state index in [4.69, 9.17) is 0 Å². The quantitative estimate of drug-likeness (QED) is 0.820. The van der Waals surface area contributed by atoms with Crippen molar-refractivity contribution in [3.63, 3.8) is 0 Å². The molecule has 2 aromatic rings. The van der Waals surface area contributed by atoms with Gasteiger partial charge in [0.2, 0.25) is 5.91 Å². The van der Waals surface area contributed by atoms with Gasteiger partial charge >= 0.3 is 0 Å². The summed E-state index contributed by atoms with van der Waals surface area (Å²) in [6.45, 7) is 8.57. The van der Waals surface area contributed by atoms with Crippen LogP contribution in [0.4, 0.5) is 0 Å². The molecule has 2 rings (SSSR count). The van der Waals surface area contributed by atoms with Crippen LogP contribution >= 0.6 is 15.9 Å². The van der Waals surface area contributed by atoms with Crippen molar-refractivity contribution in [1.29, 1.82) is 0 Å². The first-order valence-electron chi connectivity index (χ1n) is 7.98. The van der Waals surface area contributed by atoms with Crippen LogP contribution in [0.3, 0.4) is 0 Å². The molecule has 1 heterocycles. The third-order valence-corrected chi connectivity index (χ3v) is 5.26. The Bertz CT molecular complexity index is 666. The lowest BCUT2D eigenvalue weighted by Gasteiger charge is -2.20. The number of aromatic nitrogens is 2. The average molecular weight is 378 g/mol. The van der Waals surface area contributed by atoms with Crippen LogP contribution in [0.15, 0.2) is 34.8 Å². The summed E-state index contributed by atoms with van der Waals surface area (Å²) in [7, 11) is 0. The highest BCUT2D eigenvalue weighted by Crippen LogP contribution is 2.21. The van der Waals surface area contributed by atoms with Crippen LogP contribution in [0, 0.1) is 19.8 Å². The summed E-state index contributed by atoms with van der Waals surface area (Å²) in [5.74, 6) is -0.0814. The molecule has 1 aromatic heterocycles. The van der Waals surface area contributed by atoms with Crippen molar-refractivity contribution in [2.75, 3.05) is 0 Å². The van der Waals surface area contributed by atoms with Gasteiger partial charge in [-0.3, -0.25) is 9.48 Å². The summed E-state index contributed by atoms with van der Waals surface area (Å²) in [4.78, 5) is 12.5. The molecule has 0 saturated carbocycles. The number of rotatable bonds is 6. The zero-order valence-corrected chi connectivity index (χ0v) is 15.7. The molecule has 1 N–H and O–H groups in total. The van der Waals surface area contributed by atoms with Gasteiger partial charge in [-0.25, -0.2) is 0 Å². The van der Waals surface area contributed by atoms with E-state index in [0.29, 0.717) is 6.54 Å². The average Bonchev–Trinajstić information content (AvgIpc) is 2.80. The molecule has 0 aliphatic heterocycles. The molecular weight excluding hydrogens is 354 g/mol. The molecule has 124 valence electrons. The molecule has 0 aliphatic carbocycles. The van der Waals surface area contributed by atoms with E-state index in [-0.39, 0.29) is 17.9 Å². The van der Waals surface area contributed by atoms with Gasteiger partial charge in [0.25, 0.3) is 0 Å². The van der Waals surface area contributed by atoms with Gasteiger partial charge in [-0.2, -0.15) is 5.10 Å². The number of carbonyl (C=O) groups excluding carboxylic acids is 1. The van der Waals surface area contributed by atoms with Crippen LogP contribution in [-0.4, -0.2) is 15.7 Å². The van der Waals surface area contributed by atoms with Gasteiger partial charge in [-0.05, 0) is 41.8 Å². The molecule has 0 radical (unpaired) electrons. The first-order valence-corrected chi connectivity index (χ1v) is 8.78. The van der Waals surface area contributed by atoms with Crippen LogP contribution in [0.5, 0.6) is 0 Å². The zero-order chi connectivity index (χ0) is 17.0. The SMILES string of the molecule is CCC(NC(=O)C(C)Cn1nc(C)c(Br)c1C)c1ccccc1. The van der Waals surface area contributed by atoms with E-state index in [0.717, 1.165) is 27.8 Å². The molecule has 0 fully saturated rings. The van der Waals surface area contributed by atoms with Crippen molar-refractivity contribution in [3.05, 3.63) is 51.8 Å². The van der Waals surface area contributed by atoms with Gasteiger partial charge in [0.15, 0.2) is 0 Å². The van der Waals surface area contributed by atoms with Crippen LogP contribution in [0.2, 0.25) is 0 Å². The Hall–Kier alpha value is -1.62. The normalized spacial score (nSPS) is 13.6. The topological polar surface area (TPSA) is 46.9 Å². The highest BCUT2D eigenvalue weighted by molar-refractivity contribution is 9.10. The molecule has 0 saturated heterocycles. The predicted molar refractivity (Wildman–Crippen MR) is 96.2 cm³/mol. The molecule has 23 heavy (non-hydrogen) atoms. The Labute approximate surface area is 146 Å². The third-order valence-electron chi connectivity index (χ3n) is 4.11. The standard InChI is InChI=1S/C18H24BrN3O/c1-5-16(15-9-7-6-8-10-15)20-18(23)12(2)11-22-14(4)17(19)13(3)21-22/h6-10,12,16H,5,11H2,1-4H3,(H,20,23). The highest BCUT2D eigenvalue weighted by atomic mass is 79.9. The Kier molecular flexibility index (Phi) is 5.99. The fraction of sp³-hybridized carbons (Fsp3) is 0.444. The molecule has 0 aliphatic rings. The highest BCUT2D eigenvalue weighted by Gasteiger charge is 2.20. The Balaban J connectivity index is 2.03. The lowest BCUT2D eigenvalue weighted by Crippen LogP contribution is -2.34. The molecule has 4 nitrogen and oxygen atoms in total. The second-order valence-corrected chi connectivity index (χ2v) is 6.74. The van der Waals surface area contributed by atoms with Gasteiger partial charge in [-0.1, -0.05) is 44.2 Å². The molecule has 5 heteroatoms. The summed E-state index contributed by atoms with van der Waals surface area (Å²) in [5, 5.41) is 7.63. The number of amides is 1. The summed E-state index contributed by atoms with van der Waals surface area (Å²) < 4.78 is 2.91. The maximum atomic E-state index is 12.5. The number of aryl methyl sites for hydroxylation is 1. The van der Waals surface area contributed by atoms with E-state index in [1.54, 1.807) is 0 Å². The third kappa shape index (κ3) is 4.22. The van der Waals surface area contributed by atoms with E-state index in [2.05, 4.69) is 45.4 Å². The van der Waals surface area contributed by atoms with Gasteiger partial charge in [0.1, 0.15) is 0 Å². The van der Waals surface area contributed by atoms with Gasteiger partial charge in [0.05, 0.1) is 28.7 Å². The van der Waals surface area contributed by atoms with E-state index >= 15 is 0 Å². The van der Waals surface area contributed by atoms with E-state index in [1.807, 2.05) is 43.7 Å². The van der Waals surface area contributed by atoms with Crippen molar-refractivity contribution in [2.45, 2.75) is 46.7 Å². The predicted octanol–water partition coefficient (Wildman–Crippen LogP) is 4.17. The minimum atomic E-state index is -0.141. The Morgan fingerprint density at radius 1 is 1.30 bits per heavy atom. The first kappa shape index (κ1) is 17.7. The largest absolute Gasteiger partial charge is 0.349 e. The lowest BCUT2D eigenvalue weighted by atomic mass is 10.0. The monoisotopic (exact) mass is 377 g/mol. The maximum Gasteiger partial charge on any atom is 0.225 e. The Morgan fingerprint density at radius 2 is 1.96 bits per heavy atom. The zero-order valence-electron chi connectivity index (χ0n) is 14.1. The second kappa shape index (κ2) is 7.77. The first-order chi connectivity index (χ1) is 10.9. The fourth-order valence-corrected chi connectivity index (χ4v) is 2.90. The van der Waals surface area contributed by atoms with Gasteiger partial charge < -0.3 is 5.32 Å². The van der Waals surface area contributed by atoms with Crippen LogP contribution in [-0.2, 0) is 11.3 Å². The molecule has 1 amide bonds. The van der Waals surface area contributed by atoms with Crippen molar-refractivity contribution < 1.29 is 4.79 Å². The minimum absolute atomic E-state index is 0.0540. The van der Waals surface area contributed by atoms with Gasteiger partial charge in [0, 0.05) is 5.69 Å². The summed E-state index contributed by atoms with van der Waals surface area (Å²) in [6, 6.07) is 10.1. The van der Waals surface area contributed by atoms with E-state index in [1.165, 1.54) is 0 Å². The smallest absolute Gasteiger partial charge is 0.225 e. The fourth-order valence-electron chi connectivity index (χ4n) is 2.62. The second-order valence-electron chi connectivity index (χ2n) is 5.95. The summed E-state index contributed by atoms with van der Waals surface area (Å²) >= 11 is 3.53. The number of carbonyl (C=O) groups is 1. The molecule has 2 unspecified atom stereocenters. The number of hydrogen-bond acceptors (Lipinski definition) is 2. The van der Waals surface area contributed by atoms with Crippen LogP contribution < -0.4 is 5.32 Å². The lowest BCUT2D eigenvalue weighted by molar-refractivity contribution is -0.125. The summed E-state index contributed by atoms with van der Waals surface area (Å²) in [5.41, 5.74) is 3.15. The number of nitrogens with one attached hydrogen (secondary N) is 1. The van der Waals surface area contributed by atoms with Crippen molar-refractivity contribution in [2.24, 2.45) is 5.92 Å². The maximum absolute atomic E-state index is 12.5. The van der Waals surface area contributed by atoms with Crippen molar-refractivity contribution in [3.8, 4) is 0 Å². The Morgan fingerprint density at radius 3 is 2.48 bits per heavy atom. The van der Waals surface area contributed by atoms with Crippen LogP contribution in [0.25, 0.3) is 0 Å². The number of nitrogens with zero attached hydrogens (tertiary/aromatic N) is 2. The summed E-state index contributed by atoms with van der Waals surface area (Å²) in [6.07, 6.45) is 0.869. The number of halogens is 1. The molecule has 2 atom stereocenters. The number of benzene rings is 1.